The van der Waals surface area contributed by atoms with Gasteiger partial charge < -0.3 is 15.5 Å². The Hall–Kier alpha value is -2.48. The Kier molecular flexibility index (Phi) is 11.7. The molecule has 0 aliphatic rings. The Morgan fingerprint density at radius 2 is 1.62 bits per heavy atom. The Bertz CT molecular complexity index is 1030. The standard InChI is InChI=1S/C18H26N4O3S2.C2HF3O2/c1-11-14(12(2)20-18-17(11)13(3)21-22(18)4)5-6-15(23)19-8-10-27-26-9-7-16(24)25;3-2(4,5)1(6)7/h5-10H2,1-4H3,(H,19,23)(H,24,25);(H,6,7). The first-order valence-corrected chi connectivity index (χ1v) is 12.6. The van der Waals surface area contributed by atoms with Crippen LogP contribution in [0, 0.1) is 20.8 Å². The van der Waals surface area contributed by atoms with E-state index in [0.29, 0.717) is 25.1 Å². The van der Waals surface area contributed by atoms with E-state index in [9.17, 15) is 22.8 Å². The molecule has 0 radical (unpaired) electrons. The normalized spacial score (nSPS) is 11.1. The number of nitrogens with one attached hydrogen (secondary N) is 1. The van der Waals surface area contributed by atoms with Crippen LogP contribution in [0.4, 0.5) is 13.2 Å². The maximum atomic E-state index is 12.1. The SMILES string of the molecule is Cc1nc2c(c(C)nn2C)c(C)c1CCC(=O)NCCSSCCC(=O)O.O=C(O)C(F)(F)F. The molecule has 0 bridgehead atoms. The van der Waals surface area contributed by atoms with Gasteiger partial charge in [-0.3, -0.25) is 14.3 Å². The number of aryl methyl sites for hydroxylation is 4. The molecule has 2 heterocycles. The van der Waals surface area contributed by atoms with Gasteiger partial charge in [-0.15, -0.1) is 0 Å². The number of fused-ring (bicyclic) bond motifs is 1. The summed E-state index contributed by atoms with van der Waals surface area (Å²) < 4.78 is 33.5. The summed E-state index contributed by atoms with van der Waals surface area (Å²) in [6.07, 6.45) is -3.84. The van der Waals surface area contributed by atoms with Crippen LogP contribution in [-0.2, 0) is 27.9 Å². The van der Waals surface area contributed by atoms with Crippen molar-refractivity contribution < 1.29 is 37.8 Å². The quantitative estimate of drug-likeness (QED) is 0.316. The number of pyridine rings is 1. The number of nitrogens with zero attached hydrogens (tertiary/aromatic N) is 3. The summed E-state index contributed by atoms with van der Waals surface area (Å²) >= 11 is 0. The van der Waals surface area contributed by atoms with Crippen molar-refractivity contribution in [3.8, 4) is 0 Å². The topological polar surface area (TPSA) is 134 Å². The molecule has 190 valence electrons. The summed E-state index contributed by atoms with van der Waals surface area (Å²) in [4.78, 5) is 36.1. The van der Waals surface area contributed by atoms with Crippen molar-refractivity contribution in [2.24, 2.45) is 7.05 Å². The second kappa shape index (κ2) is 13.4. The highest BCUT2D eigenvalue weighted by molar-refractivity contribution is 8.76. The van der Waals surface area contributed by atoms with Crippen LogP contribution in [0.5, 0.6) is 0 Å². The van der Waals surface area contributed by atoms with Crippen molar-refractivity contribution in [3.63, 3.8) is 0 Å². The average Bonchev–Trinajstić information content (AvgIpc) is 2.99. The third-order valence-corrected chi connectivity index (χ3v) is 6.97. The number of carboxylic acids is 2. The fraction of sp³-hybridized carbons (Fsp3) is 0.550. The Balaban J connectivity index is 0.000000718. The zero-order valence-electron chi connectivity index (χ0n) is 19.2. The van der Waals surface area contributed by atoms with E-state index < -0.39 is 18.1 Å². The number of carboxylic acid groups (broad SMARTS) is 2. The molecule has 0 aliphatic heterocycles. The molecule has 34 heavy (non-hydrogen) atoms. The molecule has 0 aliphatic carbocycles. The van der Waals surface area contributed by atoms with Crippen LogP contribution < -0.4 is 5.32 Å². The molecule has 0 aromatic carbocycles. The second-order valence-corrected chi connectivity index (χ2v) is 9.85. The van der Waals surface area contributed by atoms with Gasteiger partial charge in [-0.1, -0.05) is 21.6 Å². The molecule has 0 spiro atoms. The number of alkyl halides is 3. The zero-order valence-corrected chi connectivity index (χ0v) is 20.8. The number of rotatable bonds is 10. The molecule has 14 heteroatoms. The molecular formula is C20H27F3N4O5S2. The number of carbonyl (C=O) groups is 3. The highest BCUT2D eigenvalue weighted by Gasteiger charge is 2.38. The monoisotopic (exact) mass is 524 g/mol. The minimum Gasteiger partial charge on any atom is -0.481 e. The third-order valence-electron chi connectivity index (χ3n) is 4.56. The van der Waals surface area contributed by atoms with Gasteiger partial charge in [-0.2, -0.15) is 18.3 Å². The van der Waals surface area contributed by atoms with E-state index in [1.165, 1.54) is 10.8 Å². The molecule has 1 amide bonds. The maximum Gasteiger partial charge on any atom is 0.490 e. The smallest absolute Gasteiger partial charge is 0.481 e. The molecule has 0 saturated carbocycles. The molecule has 2 aromatic heterocycles. The van der Waals surface area contributed by atoms with Gasteiger partial charge in [0.1, 0.15) is 0 Å². The maximum absolute atomic E-state index is 12.1. The van der Waals surface area contributed by atoms with Gasteiger partial charge in [0.25, 0.3) is 0 Å². The van der Waals surface area contributed by atoms with Crippen molar-refractivity contribution in [1.82, 2.24) is 20.1 Å². The van der Waals surface area contributed by atoms with Crippen molar-refractivity contribution in [2.75, 3.05) is 18.1 Å². The van der Waals surface area contributed by atoms with Crippen LogP contribution >= 0.6 is 21.6 Å². The van der Waals surface area contributed by atoms with Crippen molar-refractivity contribution in [2.45, 2.75) is 46.2 Å². The van der Waals surface area contributed by atoms with Gasteiger partial charge in [0, 0.05) is 42.6 Å². The lowest BCUT2D eigenvalue weighted by Gasteiger charge is -2.11. The van der Waals surface area contributed by atoms with Crippen LogP contribution in [0.25, 0.3) is 11.0 Å². The first-order valence-electron chi connectivity index (χ1n) is 10.1. The van der Waals surface area contributed by atoms with Gasteiger partial charge in [0.2, 0.25) is 5.91 Å². The van der Waals surface area contributed by atoms with Crippen LogP contribution in [-0.4, -0.2) is 67.1 Å². The number of amides is 1. The van der Waals surface area contributed by atoms with Crippen LogP contribution in [0.2, 0.25) is 0 Å². The average molecular weight is 525 g/mol. The van der Waals surface area contributed by atoms with E-state index in [-0.39, 0.29) is 12.3 Å². The van der Waals surface area contributed by atoms with Gasteiger partial charge in [0.15, 0.2) is 5.65 Å². The van der Waals surface area contributed by atoms with E-state index in [1.807, 2.05) is 20.9 Å². The molecule has 0 saturated heterocycles. The van der Waals surface area contributed by atoms with Gasteiger partial charge in [0.05, 0.1) is 12.1 Å². The molecule has 9 nitrogen and oxygen atoms in total. The van der Waals surface area contributed by atoms with E-state index >= 15 is 0 Å². The zero-order chi connectivity index (χ0) is 26.1. The first-order chi connectivity index (χ1) is 15.8. The summed E-state index contributed by atoms with van der Waals surface area (Å²) in [5, 5.41) is 24.1. The second-order valence-electron chi connectivity index (χ2n) is 7.15. The Morgan fingerprint density at radius 3 is 2.18 bits per heavy atom. The predicted octanol–water partition coefficient (Wildman–Crippen LogP) is 3.43. The van der Waals surface area contributed by atoms with E-state index in [1.54, 1.807) is 15.5 Å². The number of aliphatic carboxylic acids is 2. The molecular weight excluding hydrogens is 497 g/mol. The van der Waals surface area contributed by atoms with E-state index in [4.69, 9.17) is 15.0 Å². The molecule has 0 atom stereocenters. The van der Waals surface area contributed by atoms with Gasteiger partial charge >= 0.3 is 18.1 Å². The number of hydrogen-bond donors (Lipinski definition) is 3. The molecule has 3 N–H and O–H groups in total. The fourth-order valence-corrected chi connectivity index (χ4v) is 4.92. The number of carbonyl (C=O) groups excluding carboxylic acids is 1. The number of aromatic nitrogens is 3. The van der Waals surface area contributed by atoms with Gasteiger partial charge in [-0.05, 0) is 38.3 Å². The van der Waals surface area contributed by atoms with Crippen molar-refractivity contribution in [3.05, 3.63) is 22.5 Å². The lowest BCUT2D eigenvalue weighted by atomic mass is 9.99. The largest absolute Gasteiger partial charge is 0.490 e. The summed E-state index contributed by atoms with van der Waals surface area (Å²) in [5.41, 5.74) is 5.06. The first kappa shape index (κ1) is 29.6. The Labute approximate surface area is 202 Å². The summed E-state index contributed by atoms with van der Waals surface area (Å²) in [6, 6.07) is 0. The molecule has 0 fully saturated rings. The lowest BCUT2D eigenvalue weighted by Crippen LogP contribution is -2.26. The highest BCUT2D eigenvalue weighted by Crippen LogP contribution is 2.26. The van der Waals surface area contributed by atoms with Crippen LogP contribution in [0.3, 0.4) is 0 Å². The van der Waals surface area contributed by atoms with E-state index in [0.717, 1.165) is 39.3 Å². The minimum atomic E-state index is -5.08. The molecule has 0 unspecified atom stereocenters. The summed E-state index contributed by atoms with van der Waals surface area (Å²) in [7, 11) is 5.00. The number of halogens is 3. The van der Waals surface area contributed by atoms with Crippen molar-refractivity contribution >= 4 is 50.5 Å². The molecule has 2 rings (SSSR count). The predicted molar refractivity (Wildman–Crippen MR) is 125 cm³/mol. The lowest BCUT2D eigenvalue weighted by molar-refractivity contribution is -0.192. The number of hydrogen-bond acceptors (Lipinski definition) is 7. The minimum absolute atomic E-state index is 0.0212. The Morgan fingerprint density at radius 1 is 1.03 bits per heavy atom. The van der Waals surface area contributed by atoms with Crippen LogP contribution in [0.15, 0.2) is 0 Å². The van der Waals surface area contributed by atoms with Crippen LogP contribution in [0.1, 0.15) is 35.4 Å². The molecule has 2 aromatic rings. The fourth-order valence-electron chi connectivity index (χ4n) is 3.04. The summed E-state index contributed by atoms with van der Waals surface area (Å²) in [6.45, 7) is 6.62. The summed E-state index contributed by atoms with van der Waals surface area (Å²) in [5.74, 6) is -2.18. The van der Waals surface area contributed by atoms with E-state index in [2.05, 4.69) is 22.3 Å². The van der Waals surface area contributed by atoms with Crippen molar-refractivity contribution in [1.29, 1.82) is 0 Å². The van der Waals surface area contributed by atoms with Gasteiger partial charge in [-0.25, -0.2) is 9.78 Å². The third kappa shape index (κ3) is 9.41. The highest BCUT2D eigenvalue weighted by atomic mass is 33.1.